The van der Waals surface area contributed by atoms with Crippen molar-refractivity contribution in [3.05, 3.63) is 42.0 Å². The van der Waals surface area contributed by atoms with Gasteiger partial charge in [-0.15, -0.1) is 30.3 Å². The predicted molar refractivity (Wildman–Crippen MR) is 173 cm³/mol. The molecule has 0 heterocycles. The van der Waals surface area contributed by atoms with Gasteiger partial charge in [0, 0.05) is 24.7 Å². The van der Waals surface area contributed by atoms with Gasteiger partial charge in [0.15, 0.2) is 18.3 Å². The molecule has 4 aliphatic carbocycles. The molecule has 3 fully saturated rings. The van der Waals surface area contributed by atoms with E-state index in [-0.39, 0.29) is 49.2 Å². The molecule has 4 unspecified atom stereocenters. The van der Waals surface area contributed by atoms with Gasteiger partial charge in [0.05, 0.1) is 19.1 Å². The number of aliphatic hydroxyl groups excluding tert-OH is 1. The maximum absolute atomic E-state index is 14.2. The zero-order valence-corrected chi connectivity index (χ0v) is 29.7. The second-order valence-corrected chi connectivity index (χ2v) is 14.6. The van der Waals surface area contributed by atoms with Gasteiger partial charge in [-0.25, -0.2) is 0 Å². The van der Waals surface area contributed by atoms with Crippen LogP contribution in [0.25, 0.3) is 0 Å². The van der Waals surface area contributed by atoms with Gasteiger partial charge in [-0.3, -0.25) is 24.0 Å². The van der Waals surface area contributed by atoms with Gasteiger partial charge in [-0.05, 0) is 61.7 Å². The third-order valence-corrected chi connectivity index (χ3v) is 11.5. The second kappa shape index (κ2) is 17.0. The van der Waals surface area contributed by atoms with Crippen molar-refractivity contribution >= 4 is 29.5 Å². The molecule has 4 aliphatic rings. The SMILES string of the molecule is C[C@]12CCC(=O)CC1=CCC1C3CC[C@](OC(=O)CCCO[N+](=O)[O-])(C(=O)COC(=O)CC(N)C(=O)OCC(CO[N+](=O)[O-])O[N+](=O)[O-])[C@@]3(C)C[C@H](O)[C@@H]12. The van der Waals surface area contributed by atoms with Gasteiger partial charge in [0.25, 0.3) is 15.3 Å². The normalized spacial score (nSPS) is 30.8. The standard InChI is InChI=1S/C32H44N4O18/c1-30-9-7-19(37)12-18(30)5-6-21-22-8-10-32(31(22,2)14-24(38)28(21)30,53-26(40)4-3-11-51-34(43)44)25(39)17-49-27(41)13-23(33)29(42)50-15-20(54-36(47)48)16-52-35(45)46/h5,20-24,28,38H,3-4,6-17,33H2,1-2H3/t20?,21?,22?,23?,24-,28+,30-,31-,32-/m0/s1. The number of carbonyl (C=O) groups excluding carboxylic acids is 5. The zero-order valence-electron chi connectivity index (χ0n) is 29.7. The molecule has 0 spiro atoms. The molecule has 22 nitrogen and oxygen atoms in total. The average molecular weight is 773 g/mol. The summed E-state index contributed by atoms with van der Waals surface area (Å²) in [6.45, 7) is 0.608. The summed E-state index contributed by atoms with van der Waals surface area (Å²) in [5.41, 5.74) is 3.23. The van der Waals surface area contributed by atoms with E-state index in [1.54, 1.807) is 6.92 Å². The van der Waals surface area contributed by atoms with E-state index in [9.17, 15) is 59.4 Å². The molecule has 0 aromatic rings. The molecular formula is C32H44N4O18. The Morgan fingerprint density at radius 3 is 2.37 bits per heavy atom. The van der Waals surface area contributed by atoms with Gasteiger partial charge >= 0.3 is 17.9 Å². The van der Waals surface area contributed by atoms with E-state index in [1.807, 2.05) is 6.08 Å². The molecule has 0 saturated heterocycles. The van der Waals surface area contributed by atoms with Crippen molar-refractivity contribution in [2.45, 2.75) is 102 Å². The summed E-state index contributed by atoms with van der Waals surface area (Å²) in [6.07, 6.45) is 0.370. The number of nitrogens with zero attached hydrogens (tertiary/aromatic N) is 3. The summed E-state index contributed by atoms with van der Waals surface area (Å²) in [6, 6.07) is -1.70. The van der Waals surface area contributed by atoms with Gasteiger partial charge < -0.3 is 39.6 Å². The lowest BCUT2D eigenvalue weighted by atomic mass is 9.46. The van der Waals surface area contributed by atoms with Gasteiger partial charge in [-0.2, -0.15) is 0 Å². The fourth-order valence-electron chi connectivity index (χ4n) is 9.12. The van der Waals surface area contributed by atoms with E-state index in [1.165, 1.54) is 0 Å². The molecule has 54 heavy (non-hydrogen) atoms. The largest absolute Gasteiger partial charge is 0.462 e. The van der Waals surface area contributed by atoms with E-state index >= 15 is 0 Å². The van der Waals surface area contributed by atoms with E-state index in [0.29, 0.717) is 32.1 Å². The Balaban J connectivity index is 1.47. The summed E-state index contributed by atoms with van der Waals surface area (Å²) in [5, 5.41) is 39.9. The molecule has 0 aromatic carbocycles. The van der Waals surface area contributed by atoms with Crippen molar-refractivity contribution in [3.63, 3.8) is 0 Å². The van der Waals surface area contributed by atoms with Gasteiger partial charge in [0.2, 0.25) is 5.78 Å². The molecule has 4 rings (SSSR count). The third kappa shape index (κ3) is 9.02. The number of aliphatic hydroxyl groups is 1. The summed E-state index contributed by atoms with van der Waals surface area (Å²) < 4.78 is 16.0. The van der Waals surface area contributed by atoms with Crippen LogP contribution >= 0.6 is 0 Å². The van der Waals surface area contributed by atoms with E-state index in [0.717, 1.165) is 5.57 Å². The van der Waals surface area contributed by atoms with Crippen molar-refractivity contribution in [2.24, 2.45) is 34.3 Å². The zero-order chi connectivity index (χ0) is 40.0. The Morgan fingerprint density at radius 1 is 1.00 bits per heavy atom. The lowest BCUT2D eigenvalue weighted by Crippen LogP contribution is -2.63. The summed E-state index contributed by atoms with van der Waals surface area (Å²) in [7, 11) is 0. The first-order valence-corrected chi connectivity index (χ1v) is 17.4. The number of fused-ring (bicyclic) bond motifs is 5. The number of ether oxygens (including phenoxy) is 3. The van der Waals surface area contributed by atoms with Crippen LogP contribution in [0, 0.1) is 58.9 Å². The Kier molecular flexibility index (Phi) is 13.1. The Labute approximate surface area is 307 Å². The molecule has 0 bridgehead atoms. The van der Waals surface area contributed by atoms with Gasteiger partial charge in [-0.1, -0.05) is 25.5 Å². The minimum absolute atomic E-state index is 0.0167. The van der Waals surface area contributed by atoms with Crippen molar-refractivity contribution in [1.29, 1.82) is 0 Å². The fraction of sp³-hybridized carbons (Fsp3) is 0.781. The second-order valence-electron chi connectivity index (χ2n) is 14.6. The van der Waals surface area contributed by atoms with E-state index < -0.39 is 106 Å². The fourth-order valence-corrected chi connectivity index (χ4v) is 9.12. The van der Waals surface area contributed by atoms with Crippen molar-refractivity contribution < 1.29 is 73.1 Å². The average Bonchev–Trinajstić information content (AvgIpc) is 3.38. The molecule has 3 N–H and O–H groups in total. The number of carbonyl (C=O) groups is 5. The number of rotatable bonds is 19. The number of allylic oxidation sites excluding steroid dienone is 2. The highest BCUT2D eigenvalue weighted by atomic mass is 17.0. The summed E-state index contributed by atoms with van der Waals surface area (Å²) >= 11 is 0. The minimum Gasteiger partial charge on any atom is -0.462 e. The van der Waals surface area contributed by atoms with Gasteiger partial charge in [0.1, 0.15) is 25.0 Å². The highest BCUT2D eigenvalue weighted by molar-refractivity contribution is 5.93. The van der Waals surface area contributed by atoms with Crippen LogP contribution in [0.5, 0.6) is 0 Å². The topological polar surface area (TPSA) is 316 Å². The molecule has 3 saturated carbocycles. The summed E-state index contributed by atoms with van der Waals surface area (Å²) in [5.74, 6) is -4.56. The maximum atomic E-state index is 14.2. The number of hydrogen-bond acceptors (Lipinski definition) is 19. The number of nitrogens with two attached hydrogens (primary N) is 1. The molecule has 0 aliphatic heterocycles. The molecule has 0 radical (unpaired) electrons. The smallest absolute Gasteiger partial charge is 0.323 e. The van der Waals surface area contributed by atoms with Crippen LogP contribution < -0.4 is 5.73 Å². The lowest BCUT2D eigenvalue weighted by Gasteiger charge is -2.60. The number of ketones is 2. The minimum atomic E-state index is -1.89. The van der Waals surface area contributed by atoms with Crippen LogP contribution in [0.1, 0.15) is 78.1 Å². The van der Waals surface area contributed by atoms with Crippen LogP contribution in [0.3, 0.4) is 0 Å². The van der Waals surface area contributed by atoms with E-state index in [2.05, 4.69) is 21.4 Å². The van der Waals surface area contributed by atoms with Crippen molar-refractivity contribution in [3.8, 4) is 0 Å². The Hall–Kier alpha value is -4.99. The number of esters is 3. The van der Waals surface area contributed by atoms with Crippen LogP contribution in [-0.2, 0) is 52.7 Å². The lowest BCUT2D eigenvalue weighted by molar-refractivity contribution is -0.790. The van der Waals surface area contributed by atoms with Crippen LogP contribution in [0.15, 0.2) is 11.6 Å². The third-order valence-electron chi connectivity index (χ3n) is 11.5. The number of Topliss-reactive ketones (excluding diaryl/α,β-unsaturated/α-hetero) is 2. The van der Waals surface area contributed by atoms with E-state index in [4.69, 9.17) is 19.9 Å². The van der Waals surface area contributed by atoms with Crippen LogP contribution in [0.2, 0.25) is 0 Å². The molecule has 0 amide bonds. The highest BCUT2D eigenvalue weighted by Crippen LogP contribution is 2.68. The monoisotopic (exact) mass is 772 g/mol. The first kappa shape index (κ1) is 41.8. The molecule has 300 valence electrons. The molecular weight excluding hydrogens is 728 g/mol. The summed E-state index contributed by atoms with van der Waals surface area (Å²) in [4.78, 5) is 109. The molecule has 9 atom stereocenters. The quantitative estimate of drug-likeness (QED) is 0.0460. The maximum Gasteiger partial charge on any atom is 0.323 e. The Morgan fingerprint density at radius 2 is 1.70 bits per heavy atom. The molecule has 22 heteroatoms. The van der Waals surface area contributed by atoms with Crippen molar-refractivity contribution in [2.75, 3.05) is 26.4 Å². The highest BCUT2D eigenvalue weighted by Gasteiger charge is 2.70. The van der Waals surface area contributed by atoms with Crippen LogP contribution in [-0.4, -0.2) is 100 Å². The number of hydrogen-bond donors (Lipinski definition) is 2. The Bertz CT molecular complexity index is 1550. The van der Waals surface area contributed by atoms with Crippen LogP contribution in [0.4, 0.5) is 0 Å². The predicted octanol–water partition coefficient (Wildman–Crippen LogP) is 0.918. The first-order valence-electron chi connectivity index (χ1n) is 17.4. The first-order chi connectivity index (χ1) is 25.3. The molecule has 0 aromatic heterocycles. The van der Waals surface area contributed by atoms with Crippen molar-refractivity contribution in [1.82, 2.24) is 0 Å².